The molecule has 64 valence electrons. The molecule has 2 heteroatoms. The smallest absolute Gasteiger partial charge is 0.0463 e. The first kappa shape index (κ1) is 7.88. The number of nitrogens with zero attached hydrogens (tertiary/aromatic N) is 1. The normalized spacial score (nSPS) is 40.1. The van der Waals surface area contributed by atoms with Crippen molar-refractivity contribution in [3.8, 4) is 0 Å². The van der Waals surface area contributed by atoms with Crippen LogP contribution in [-0.4, -0.2) is 29.4 Å². The minimum atomic E-state index is 0.435. The van der Waals surface area contributed by atoms with Crippen molar-refractivity contribution in [2.75, 3.05) is 13.1 Å². The van der Waals surface area contributed by atoms with Gasteiger partial charge in [-0.25, -0.2) is 0 Å². The first-order chi connectivity index (χ1) is 5.36. The van der Waals surface area contributed by atoms with Crippen molar-refractivity contribution < 1.29 is 0 Å². The second-order valence-corrected chi connectivity index (χ2v) is 4.44. The number of hydrogen-bond acceptors (Lipinski definition) is 1. The molecule has 2 atom stereocenters. The molecule has 0 N–H and O–H groups in total. The summed E-state index contributed by atoms with van der Waals surface area (Å²) in [6, 6.07) is 0.888. The summed E-state index contributed by atoms with van der Waals surface area (Å²) in [7, 11) is 0. The minimum Gasteiger partial charge on any atom is -0.299 e. The Bertz CT molecular complexity index is 138. The van der Waals surface area contributed by atoms with Crippen molar-refractivity contribution in [2.45, 2.75) is 43.5 Å². The lowest BCUT2D eigenvalue weighted by Gasteiger charge is -2.40. The monoisotopic (exact) mass is 173 g/mol. The summed E-state index contributed by atoms with van der Waals surface area (Å²) >= 11 is 6.09. The summed E-state index contributed by atoms with van der Waals surface area (Å²) in [5, 5.41) is 0.435. The van der Waals surface area contributed by atoms with Crippen molar-refractivity contribution in [3.63, 3.8) is 0 Å². The molecule has 0 aromatic carbocycles. The van der Waals surface area contributed by atoms with Crippen LogP contribution in [0.2, 0.25) is 0 Å². The van der Waals surface area contributed by atoms with E-state index in [9.17, 15) is 0 Å². The molecule has 2 rings (SSSR count). The van der Waals surface area contributed by atoms with Crippen molar-refractivity contribution >= 4 is 11.6 Å². The highest BCUT2D eigenvalue weighted by Gasteiger charge is 2.28. The van der Waals surface area contributed by atoms with Crippen LogP contribution in [0.4, 0.5) is 0 Å². The van der Waals surface area contributed by atoms with Crippen molar-refractivity contribution in [3.05, 3.63) is 0 Å². The number of alkyl halides is 1. The topological polar surface area (TPSA) is 3.24 Å². The highest BCUT2D eigenvalue weighted by Crippen LogP contribution is 2.27. The van der Waals surface area contributed by atoms with E-state index in [1.165, 1.54) is 38.6 Å². The van der Waals surface area contributed by atoms with Gasteiger partial charge in [0.25, 0.3) is 0 Å². The first-order valence-electron chi connectivity index (χ1n) is 4.74. The van der Waals surface area contributed by atoms with E-state index in [-0.39, 0.29) is 0 Å². The zero-order chi connectivity index (χ0) is 7.68. The van der Waals surface area contributed by atoms with E-state index in [2.05, 4.69) is 4.90 Å². The molecule has 0 aromatic heterocycles. The van der Waals surface area contributed by atoms with Gasteiger partial charge in [-0.2, -0.15) is 0 Å². The summed E-state index contributed by atoms with van der Waals surface area (Å²) in [5.41, 5.74) is 0. The van der Waals surface area contributed by atoms with Gasteiger partial charge in [0.05, 0.1) is 0 Å². The molecule has 2 saturated heterocycles. The molecule has 0 spiro atoms. The van der Waals surface area contributed by atoms with Gasteiger partial charge in [0.15, 0.2) is 0 Å². The van der Waals surface area contributed by atoms with Gasteiger partial charge in [-0.05, 0) is 32.2 Å². The van der Waals surface area contributed by atoms with E-state index in [0.29, 0.717) is 5.38 Å². The highest BCUT2D eigenvalue weighted by molar-refractivity contribution is 6.20. The molecule has 2 unspecified atom stereocenters. The fourth-order valence-electron chi connectivity index (χ4n) is 2.35. The third kappa shape index (κ3) is 1.70. The van der Waals surface area contributed by atoms with Crippen LogP contribution in [0.15, 0.2) is 0 Å². The summed E-state index contributed by atoms with van der Waals surface area (Å²) in [5.74, 6) is 0. The first-order valence-corrected chi connectivity index (χ1v) is 5.18. The van der Waals surface area contributed by atoms with Crippen LogP contribution >= 0.6 is 11.6 Å². The summed E-state index contributed by atoms with van der Waals surface area (Å²) < 4.78 is 0. The molecule has 11 heavy (non-hydrogen) atoms. The predicted molar refractivity (Wildman–Crippen MR) is 48.1 cm³/mol. The SMILES string of the molecule is ClC1CCC2CCCCN2C1. The van der Waals surface area contributed by atoms with Crippen molar-refractivity contribution in [1.29, 1.82) is 0 Å². The average molecular weight is 174 g/mol. The summed E-state index contributed by atoms with van der Waals surface area (Å²) in [4.78, 5) is 2.59. The predicted octanol–water partition coefficient (Wildman–Crippen LogP) is 2.24. The van der Waals surface area contributed by atoms with Gasteiger partial charge in [0.1, 0.15) is 0 Å². The summed E-state index contributed by atoms with van der Waals surface area (Å²) in [6.45, 7) is 2.44. The Morgan fingerprint density at radius 2 is 2.00 bits per heavy atom. The molecule has 2 heterocycles. The van der Waals surface area contributed by atoms with E-state index in [1.54, 1.807) is 0 Å². The fourth-order valence-corrected chi connectivity index (χ4v) is 2.65. The Morgan fingerprint density at radius 3 is 2.91 bits per heavy atom. The minimum absolute atomic E-state index is 0.435. The largest absolute Gasteiger partial charge is 0.299 e. The van der Waals surface area contributed by atoms with E-state index in [0.717, 1.165) is 12.6 Å². The van der Waals surface area contributed by atoms with Crippen molar-refractivity contribution in [2.24, 2.45) is 0 Å². The van der Waals surface area contributed by atoms with Gasteiger partial charge in [0.2, 0.25) is 0 Å². The number of piperidine rings is 2. The summed E-state index contributed by atoms with van der Waals surface area (Å²) in [6.07, 6.45) is 6.83. The van der Waals surface area contributed by atoms with Crippen LogP contribution in [0.3, 0.4) is 0 Å². The van der Waals surface area contributed by atoms with Crippen LogP contribution in [0.1, 0.15) is 32.1 Å². The van der Waals surface area contributed by atoms with Gasteiger partial charge in [-0.1, -0.05) is 6.42 Å². The molecule has 2 fully saturated rings. The maximum atomic E-state index is 6.09. The molecule has 1 nitrogen and oxygen atoms in total. The highest BCUT2D eigenvalue weighted by atomic mass is 35.5. The second kappa shape index (κ2) is 3.32. The van der Waals surface area contributed by atoms with Crippen LogP contribution in [0, 0.1) is 0 Å². The van der Waals surface area contributed by atoms with Gasteiger partial charge >= 0.3 is 0 Å². The zero-order valence-corrected chi connectivity index (χ0v) is 7.69. The standard InChI is InChI=1S/C9H16ClN/c10-8-4-5-9-3-1-2-6-11(9)7-8/h8-9H,1-7H2. The Kier molecular flexibility index (Phi) is 2.38. The number of rotatable bonds is 0. The molecular formula is C9H16ClN. The van der Waals surface area contributed by atoms with E-state index in [1.807, 2.05) is 0 Å². The molecule has 0 aromatic rings. The Hall–Kier alpha value is 0.250. The molecule has 2 aliphatic rings. The molecule has 2 aliphatic heterocycles. The number of fused-ring (bicyclic) bond motifs is 1. The maximum absolute atomic E-state index is 6.09. The van der Waals surface area contributed by atoms with Gasteiger partial charge in [-0.3, -0.25) is 4.90 Å². The van der Waals surface area contributed by atoms with Crippen LogP contribution in [0.5, 0.6) is 0 Å². The van der Waals surface area contributed by atoms with E-state index >= 15 is 0 Å². The second-order valence-electron chi connectivity index (χ2n) is 3.82. The van der Waals surface area contributed by atoms with Gasteiger partial charge in [0, 0.05) is 18.0 Å². The lowest BCUT2D eigenvalue weighted by molar-refractivity contribution is 0.111. The molecule has 0 saturated carbocycles. The zero-order valence-electron chi connectivity index (χ0n) is 6.93. The lowest BCUT2D eigenvalue weighted by atomic mass is 9.93. The van der Waals surface area contributed by atoms with E-state index < -0.39 is 0 Å². The lowest BCUT2D eigenvalue weighted by Crippen LogP contribution is -2.46. The maximum Gasteiger partial charge on any atom is 0.0463 e. The molecule has 0 aliphatic carbocycles. The molecule has 0 radical (unpaired) electrons. The molecule has 0 bridgehead atoms. The third-order valence-corrected chi connectivity index (χ3v) is 3.35. The average Bonchev–Trinajstić information content (AvgIpc) is 2.04. The van der Waals surface area contributed by atoms with Gasteiger partial charge < -0.3 is 0 Å². The number of hydrogen-bond donors (Lipinski definition) is 0. The quantitative estimate of drug-likeness (QED) is 0.508. The Morgan fingerprint density at radius 1 is 1.09 bits per heavy atom. The van der Waals surface area contributed by atoms with Gasteiger partial charge in [-0.15, -0.1) is 11.6 Å². The van der Waals surface area contributed by atoms with Crippen LogP contribution in [0.25, 0.3) is 0 Å². The Balaban J connectivity index is 1.93. The van der Waals surface area contributed by atoms with E-state index in [4.69, 9.17) is 11.6 Å². The molecular weight excluding hydrogens is 158 g/mol. The Labute approximate surface area is 73.7 Å². The number of halogens is 1. The third-order valence-electron chi connectivity index (χ3n) is 2.99. The fraction of sp³-hybridized carbons (Fsp3) is 1.00. The van der Waals surface area contributed by atoms with Crippen LogP contribution < -0.4 is 0 Å². The van der Waals surface area contributed by atoms with Crippen molar-refractivity contribution in [1.82, 2.24) is 4.90 Å². The van der Waals surface area contributed by atoms with Crippen LogP contribution in [-0.2, 0) is 0 Å². The molecule has 0 amide bonds.